The first-order valence-electron chi connectivity index (χ1n) is 7.83. The molecular weight excluding hydrogens is 340 g/mol. The lowest BCUT2D eigenvalue weighted by molar-refractivity contribution is -0.149. The number of aliphatic carboxylic acids is 1. The summed E-state index contributed by atoms with van der Waals surface area (Å²) in [6.07, 6.45) is -0.562. The quantitative estimate of drug-likeness (QED) is 0.877. The maximum atomic E-state index is 12.6. The van der Waals surface area contributed by atoms with Gasteiger partial charge in [-0.15, -0.1) is 0 Å². The summed E-state index contributed by atoms with van der Waals surface area (Å²) < 4.78 is 51.6. The summed E-state index contributed by atoms with van der Waals surface area (Å²) >= 11 is 0. The number of hydrogen-bond donors (Lipinski definition) is 1. The molecular formula is C16H19F2NO4S. The maximum Gasteiger partial charge on any atom is 0.311 e. The highest BCUT2D eigenvalue weighted by molar-refractivity contribution is 7.88. The van der Waals surface area contributed by atoms with E-state index in [1.807, 2.05) is 0 Å². The Morgan fingerprint density at radius 1 is 1.33 bits per heavy atom. The van der Waals surface area contributed by atoms with Crippen LogP contribution in [-0.2, 0) is 20.6 Å². The van der Waals surface area contributed by atoms with E-state index < -0.39 is 27.8 Å². The van der Waals surface area contributed by atoms with Gasteiger partial charge in [0.25, 0.3) is 6.43 Å². The maximum absolute atomic E-state index is 12.6. The first-order chi connectivity index (χ1) is 11.2. The summed E-state index contributed by atoms with van der Waals surface area (Å²) in [6, 6.07) is 5.19. The molecule has 2 atom stereocenters. The highest BCUT2D eigenvalue weighted by atomic mass is 32.2. The van der Waals surface area contributed by atoms with E-state index in [4.69, 9.17) is 0 Å². The van der Waals surface area contributed by atoms with E-state index in [9.17, 15) is 27.1 Å². The van der Waals surface area contributed by atoms with Crippen LogP contribution in [0.15, 0.2) is 24.3 Å². The lowest BCUT2D eigenvalue weighted by Crippen LogP contribution is -2.37. The Kier molecular flexibility index (Phi) is 4.37. The first-order valence-corrected chi connectivity index (χ1v) is 9.44. The molecule has 0 bridgehead atoms. The second kappa shape index (κ2) is 6.07. The molecule has 2 fully saturated rings. The van der Waals surface area contributed by atoms with Crippen molar-refractivity contribution in [2.75, 3.05) is 13.1 Å². The largest absolute Gasteiger partial charge is 0.481 e. The Labute approximate surface area is 139 Å². The van der Waals surface area contributed by atoms with Crippen LogP contribution in [0, 0.1) is 11.3 Å². The molecule has 2 aliphatic rings. The summed E-state index contributed by atoms with van der Waals surface area (Å²) in [5.74, 6) is -1.38. The summed E-state index contributed by atoms with van der Waals surface area (Å²) in [5.41, 5.74) is -0.704. The number of alkyl halides is 2. The van der Waals surface area contributed by atoms with Crippen LogP contribution in [0.2, 0.25) is 0 Å². The van der Waals surface area contributed by atoms with Gasteiger partial charge in [-0.1, -0.05) is 30.7 Å². The van der Waals surface area contributed by atoms with Gasteiger partial charge in [0.05, 0.1) is 11.2 Å². The van der Waals surface area contributed by atoms with Gasteiger partial charge in [-0.05, 0) is 24.3 Å². The third-order valence-electron chi connectivity index (χ3n) is 5.24. The number of carboxylic acid groups (broad SMARTS) is 1. The van der Waals surface area contributed by atoms with Crippen LogP contribution in [-0.4, -0.2) is 36.9 Å². The highest BCUT2D eigenvalue weighted by Crippen LogP contribution is 2.49. The van der Waals surface area contributed by atoms with Crippen molar-refractivity contribution in [3.63, 3.8) is 0 Å². The summed E-state index contributed by atoms with van der Waals surface area (Å²) in [5, 5.41) is 9.54. The highest BCUT2D eigenvalue weighted by Gasteiger charge is 2.56. The third-order valence-corrected chi connectivity index (χ3v) is 7.00. The molecule has 0 amide bonds. The number of sulfonamides is 1. The Hall–Kier alpha value is -1.54. The lowest BCUT2D eigenvalue weighted by Gasteiger charge is -2.23. The second-order valence-electron chi connectivity index (χ2n) is 6.64. The molecule has 132 valence electrons. The zero-order valence-electron chi connectivity index (χ0n) is 13.0. The van der Waals surface area contributed by atoms with Gasteiger partial charge >= 0.3 is 5.97 Å². The minimum Gasteiger partial charge on any atom is -0.481 e. The molecule has 1 aliphatic carbocycles. The predicted octanol–water partition coefficient (Wildman–Crippen LogP) is 2.64. The van der Waals surface area contributed by atoms with Gasteiger partial charge in [-0.2, -0.15) is 0 Å². The normalized spacial score (nSPS) is 27.5. The average molecular weight is 359 g/mol. The molecule has 0 unspecified atom stereocenters. The molecule has 3 rings (SSSR count). The van der Waals surface area contributed by atoms with Gasteiger partial charge in [-0.25, -0.2) is 21.5 Å². The molecule has 1 saturated carbocycles. The van der Waals surface area contributed by atoms with Crippen molar-refractivity contribution >= 4 is 16.0 Å². The van der Waals surface area contributed by atoms with Crippen molar-refractivity contribution in [2.24, 2.45) is 11.3 Å². The molecule has 1 aliphatic heterocycles. The number of benzene rings is 1. The smallest absolute Gasteiger partial charge is 0.311 e. The minimum absolute atomic E-state index is 0.00442. The fourth-order valence-corrected chi connectivity index (χ4v) is 5.50. The summed E-state index contributed by atoms with van der Waals surface area (Å²) in [7, 11) is -3.68. The molecule has 0 radical (unpaired) electrons. The summed E-state index contributed by atoms with van der Waals surface area (Å²) in [6.45, 7) is 0.230. The van der Waals surface area contributed by atoms with E-state index in [2.05, 4.69) is 0 Å². The SMILES string of the molecule is O=C(O)[C@@]12CCC[C@H]1CN(S(=O)(=O)Cc1ccc(C(F)F)cc1)C2. The van der Waals surface area contributed by atoms with Crippen LogP contribution < -0.4 is 0 Å². The third kappa shape index (κ3) is 2.93. The fraction of sp³-hybridized carbons (Fsp3) is 0.562. The monoisotopic (exact) mass is 359 g/mol. The second-order valence-corrected chi connectivity index (χ2v) is 8.61. The van der Waals surface area contributed by atoms with Crippen molar-refractivity contribution in [2.45, 2.75) is 31.4 Å². The van der Waals surface area contributed by atoms with Crippen molar-refractivity contribution in [3.05, 3.63) is 35.4 Å². The van der Waals surface area contributed by atoms with E-state index in [1.165, 1.54) is 28.6 Å². The van der Waals surface area contributed by atoms with Crippen LogP contribution in [0.25, 0.3) is 0 Å². The van der Waals surface area contributed by atoms with Crippen molar-refractivity contribution < 1.29 is 27.1 Å². The van der Waals surface area contributed by atoms with Crippen LogP contribution in [0.3, 0.4) is 0 Å². The van der Waals surface area contributed by atoms with Gasteiger partial charge in [0.1, 0.15) is 0 Å². The van der Waals surface area contributed by atoms with Crippen LogP contribution >= 0.6 is 0 Å². The molecule has 8 heteroatoms. The van der Waals surface area contributed by atoms with Gasteiger partial charge < -0.3 is 5.11 Å². The van der Waals surface area contributed by atoms with Crippen molar-refractivity contribution in [1.29, 1.82) is 0 Å². The molecule has 1 aromatic rings. The average Bonchev–Trinajstić information content (AvgIpc) is 3.05. The van der Waals surface area contributed by atoms with E-state index in [1.54, 1.807) is 0 Å². The fourth-order valence-electron chi connectivity index (χ4n) is 3.87. The molecule has 0 spiro atoms. The molecule has 24 heavy (non-hydrogen) atoms. The van der Waals surface area contributed by atoms with Gasteiger partial charge in [-0.3, -0.25) is 4.79 Å². The molecule has 5 nitrogen and oxygen atoms in total. The number of nitrogens with zero attached hydrogens (tertiary/aromatic N) is 1. The zero-order valence-corrected chi connectivity index (χ0v) is 13.8. The predicted molar refractivity (Wildman–Crippen MR) is 83.0 cm³/mol. The zero-order chi connectivity index (χ0) is 17.5. The van der Waals surface area contributed by atoms with Crippen LogP contribution in [0.5, 0.6) is 0 Å². The Balaban J connectivity index is 1.76. The molecule has 0 aromatic heterocycles. The number of rotatable bonds is 5. The van der Waals surface area contributed by atoms with E-state index in [-0.39, 0.29) is 30.3 Å². The topological polar surface area (TPSA) is 74.7 Å². The van der Waals surface area contributed by atoms with Gasteiger partial charge in [0.15, 0.2) is 0 Å². The molecule has 1 aromatic carbocycles. The lowest BCUT2D eigenvalue weighted by atomic mass is 9.81. The molecule has 1 saturated heterocycles. The van der Waals surface area contributed by atoms with E-state index in [0.717, 1.165) is 12.8 Å². The van der Waals surface area contributed by atoms with Crippen molar-refractivity contribution in [1.82, 2.24) is 4.31 Å². The Morgan fingerprint density at radius 3 is 2.54 bits per heavy atom. The number of fused-ring (bicyclic) bond motifs is 1. The van der Waals surface area contributed by atoms with Gasteiger partial charge in [0, 0.05) is 18.7 Å². The summed E-state index contributed by atoms with van der Waals surface area (Å²) in [4.78, 5) is 11.6. The standard InChI is InChI=1S/C16H19F2NO4S/c17-14(18)12-5-3-11(4-6-12)9-24(22,23)19-8-13-2-1-7-16(13,10-19)15(20)21/h3-6,13-14H,1-2,7-10H2,(H,20,21)/t13-,16+/m0/s1. The first kappa shape index (κ1) is 17.3. The molecule has 1 heterocycles. The van der Waals surface area contributed by atoms with E-state index in [0.29, 0.717) is 12.0 Å². The van der Waals surface area contributed by atoms with Crippen molar-refractivity contribution in [3.8, 4) is 0 Å². The number of hydrogen-bond acceptors (Lipinski definition) is 3. The van der Waals surface area contributed by atoms with Gasteiger partial charge in [0.2, 0.25) is 10.0 Å². The van der Waals surface area contributed by atoms with E-state index >= 15 is 0 Å². The molecule has 1 N–H and O–H groups in total. The van der Waals surface area contributed by atoms with Crippen LogP contribution in [0.4, 0.5) is 8.78 Å². The Bertz CT molecular complexity index is 735. The number of carboxylic acids is 1. The Morgan fingerprint density at radius 2 is 2.00 bits per heavy atom. The minimum atomic E-state index is -3.68. The number of carbonyl (C=O) groups is 1. The number of halogens is 2. The van der Waals surface area contributed by atoms with Crippen LogP contribution in [0.1, 0.15) is 36.8 Å².